The highest BCUT2D eigenvalue weighted by atomic mass is 16.5. The lowest BCUT2D eigenvalue weighted by atomic mass is 9.78. The lowest BCUT2D eigenvalue weighted by molar-refractivity contribution is -0.145. The van der Waals surface area contributed by atoms with Crippen LogP contribution in [0.5, 0.6) is 5.75 Å². The van der Waals surface area contributed by atoms with E-state index in [1.54, 1.807) is 25.1 Å². The molecule has 3 aromatic rings. The molecule has 166 valence electrons. The van der Waals surface area contributed by atoms with Crippen LogP contribution in [0.2, 0.25) is 0 Å². The van der Waals surface area contributed by atoms with Crippen molar-refractivity contribution in [3.8, 4) is 16.9 Å². The number of hydrogen-bond acceptors (Lipinski definition) is 5. The first-order chi connectivity index (χ1) is 16.2. The first kappa shape index (κ1) is 21.0. The van der Waals surface area contributed by atoms with Gasteiger partial charge in [0.15, 0.2) is 0 Å². The van der Waals surface area contributed by atoms with Gasteiger partial charge in [0.1, 0.15) is 11.8 Å². The Morgan fingerprint density at radius 2 is 1.70 bits per heavy atom. The normalized spacial score (nSPS) is 20.3. The van der Waals surface area contributed by atoms with Crippen molar-refractivity contribution >= 4 is 17.6 Å². The summed E-state index contributed by atoms with van der Waals surface area (Å²) < 4.78 is 11.0. The Hall–Kier alpha value is -3.86. The molecule has 0 bridgehead atoms. The fraction of sp³-hybridized carbons (Fsp3) is 0.214. The minimum absolute atomic E-state index is 0.0635. The third-order valence-electron chi connectivity index (χ3n) is 6.33. The van der Waals surface area contributed by atoms with E-state index in [1.165, 1.54) is 0 Å². The van der Waals surface area contributed by atoms with Crippen molar-refractivity contribution in [2.75, 3.05) is 11.9 Å². The van der Waals surface area contributed by atoms with Gasteiger partial charge in [-0.2, -0.15) is 0 Å². The minimum atomic E-state index is -0.503. The van der Waals surface area contributed by atoms with Crippen molar-refractivity contribution in [3.05, 3.63) is 96.1 Å². The van der Waals surface area contributed by atoms with Gasteiger partial charge in [0, 0.05) is 11.8 Å². The van der Waals surface area contributed by atoms with Crippen LogP contribution in [0.15, 0.2) is 84.9 Å². The number of nitrogens with one attached hydrogen (secondary N) is 1. The second-order valence-corrected chi connectivity index (χ2v) is 8.28. The van der Waals surface area contributed by atoms with Gasteiger partial charge in [0.25, 0.3) is 0 Å². The van der Waals surface area contributed by atoms with E-state index in [0.717, 1.165) is 23.1 Å². The number of anilines is 1. The molecule has 33 heavy (non-hydrogen) atoms. The Kier molecular flexibility index (Phi) is 5.69. The molecule has 1 aliphatic carbocycles. The predicted octanol–water partition coefficient (Wildman–Crippen LogP) is 5.59. The highest BCUT2D eigenvalue weighted by Crippen LogP contribution is 2.46. The van der Waals surface area contributed by atoms with Gasteiger partial charge in [-0.3, -0.25) is 0 Å². The van der Waals surface area contributed by atoms with Crippen LogP contribution in [0, 0.1) is 5.92 Å². The lowest BCUT2D eigenvalue weighted by Crippen LogP contribution is -2.43. The van der Waals surface area contributed by atoms with Gasteiger partial charge in [-0.25, -0.2) is 9.59 Å². The van der Waals surface area contributed by atoms with Crippen molar-refractivity contribution in [3.63, 3.8) is 0 Å². The summed E-state index contributed by atoms with van der Waals surface area (Å²) in [5, 5.41) is 3.30. The summed E-state index contributed by atoms with van der Waals surface area (Å²) in [7, 11) is 0. The van der Waals surface area contributed by atoms with Gasteiger partial charge >= 0.3 is 11.9 Å². The maximum Gasteiger partial charge on any atom is 0.345 e. The molecule has 3 unspecified atom stereocenters. The molecular weight excluding hydrogens is 414 g/mol. The SMILES string of the molecule is CCOC(=O)C1Nc2c(C(=O)Oc3ccc(-c4ccccc4)cc3)cccc2C2C=CCC12. The summed E-state index contributed by atoms with van der Waals surface area (Å²) in [5.41, 5.74) is 4.21. The van der Waals surface area contributed by atoms with Crippen molar-refractivity contribution in [1.82, 2.24) is 0 Å². The van der Waals surface area contributed by atoms with E-state index in [0.29, 0.717) is 23.6 Å². The number of hydrogen-bond donors (Lipinski definition) is 1. The van der Waals surface area contributed by atoms with E-state index in [4.69, 9.17) is 9.47 Å². The van der Waals surface area contributed by atoms with E-state index in [2.05, 4.69) is 17.5 Å². The number of esters is 2. The highest BCUT2D eigenvalue weighted by Gasteiger charge is 2.42. The number of para-hydroxylation sites is 1. The summed E-state index contributed by atoms with van der Waals surface area (Å²) >= 11 is 0. The molecule has 3 aromatic carbocycles. The Morgan fingerprint density at radius 1 is 0.939 bits per heavy atom. The van der Waals surface area contributed by atoms with Crippen molar-refractivity contribution in [2.24, 2.45) is 5.92 Å². The Morgan fingerprint density at radius 3 is 2.45 bits per heavy atom. The second-order valence-electron chi connectivity index (χ2n) is 8.28. The maximum absolute atomic E-state index is 13.1. The zero-order chi connectivity index (χ0) is 22.8. The molecule has 0 saturated heterocycles. The molecule has 0 amide bonds. The van der Waals surface area contributed by atoms with E-state index in [9.17, 15) is 9.59 Å². The Bertz CT molecular complexity index is 1200. The quantitative estimate of drug-likeness (QED) is 0.319. The third kappa shape index (κ3) is 4.02. The molecule has 0 saturated carbocycles. The minimum Gasteiger partial charge on any atom is -0.464 e. The summed E-state index contributed by atoms with van der Waals surface area (Å²) in [4.78, 5) is 25.8. The summed E-state index contributed by atoms with van der Waals surface area (Å²) in [6, 6.07) is 22.6. The van der Waals surface area contributed by atoms with Gasteiger partial charge in [-0.15, -0.1) is 0 Å². The molecule has 5 heteroatoms. The average Bonchev–Trinajstić information content (AvgIpc) is 3.34. The Labute approximate surface area is 193 Å². The van der Waals surface area contributed by atoms with Crippen LogP contribution in [0.1, 0.15) is 35.2 Å². The van der Waals surface area contributed by atoms with Gasteiger partial charge in [-0.05, 0) is 48.2 Å². The van der Waals surface area contributed by atoms with Gasteiger partial charge in [-0.1, -0.05) is 66.7 Å². The van der Waals surface area contributed by atoms with Crippen LogP contribution in [0.4, 0.5) is 5.69 Å². The molecular formula is C28H25NO4. The molecule has 5 nitrogen and oxygen atoms in total. The van der Waals surface area contributed by atoms with Gasteiger partial charge in [0.2, 0.25) is 0 Å². The molecule has 5 rings (SSSR count). The summed E-state index contributed by atoms with van der Waals surface area (Å²) in [5.74, 6) is -0.146. The van der Waals surface area contributed by atoms with Crippen LogP contribution in [-0.4, -0.2) is 24.6 Å². The van der Waals surface area contributed by atoms with Crippen molar-refractivity contribution < 1.29 is 19.1 Å². The smallest absolute Gasteiger partial charge is 0.345 e. The van der Waals surface area contributed by atoms with Crippen LogP contribution in [0.3, 0.4) is 0 Å². The molecule has 2 aliphatic rings. The van der Waals surface area contributed by atoms with Gasteiger partial charge < -0.3 is 14.8 Å². The highest BCUT2D eigenvalue weighted by molar-refractivity contribution is 5.99. The van der Waals surface area contributed by atoms with Crippen LogP contribution >= 0.6 is 0 Å². The van der Waals surface area contributed by atoms with Crippen LogP contribution in [-0.2, 0) is 9.53 Å². The zero-order valence-electron chi connectivity index (χ0n) is 18.4. The molecule has 0 fully saturated rings. The molecule has 0 aromatic heterocycles. The molecule has 1 heterocycles. The fourth-order valence-electron chi connectivity index (χ4n) is 4.76. The largest absolute Gasteiger partial charge is 0.464 e. The first-order valence-corrected chi connectivity index (χ1v) is 11.3. The third-order valence-corrected chi connectivity index (χ3v) is 6.33. The van der Waals surface area contributed by atoms with Crippen LogP contribution < -0.4 is 10.1 Å². The fourth-order valence-corrected chi connectivity index (χ4v) is 4.76. The number of allylic oxidation sites excluding steroid dienone is 2. The van der Waals surface area contributed by atoms with E-state index < -0.39 is 12.0 Å². The maximum atomic E-state index is 13.1. The molecule has 1 N–H and O–H groups in total. The van der Waals surface area contributed by atoms with E-state index in [-0.39, 0.29) is 17.8 Å². The molecule has 0 radical (unpaired) electrons. The monoisotopic (exact) mass is 439 g/mol. The topological polar surface area (TPSA) is 64.6 Å². The van der Waals surface area contributed by atoms with E-state index in [1.807, 2.05) is 54.6 Å². The number of fused-ring (bicyclic) bond motifs is 3. The summed E-state index contributed by atoms with van der Waals surface area (Å²) in [6.07, 6.45) is 5.01. The lowest BCUT2D eigenvalue weighted by Gasteiger charge is -2.36. The predicted molar refractivity (Wildman–Crippen MR) is 127 cm³/mol. The molecule has 0 spiro atoms. The molecule has 1 aliphatic heterocycles. The number of carbonyl (C=O) groups is 2. The number of carbonyl (C=O) groups excluding carboxylic acids is 2. The van der Waals surface area contributed by atoms with Crippen LogP contribution in [0.25, 0.3) is 11.1 Å². The number of benzene rings is 3. The zero-order valence-corrected chi connectivity index (χ0v) is 18.4. The number of ether oxygens (including phenoxy) is 2. The van der Waals surface area contributed by atoms with Crippen molar-refractivity contribution in [1.29, 1.82) is 0 Å². The first-order valence-electron chi connectivity index (χ1n) is 11.3. The number of rotatable bonds is 5. The van der Waals surface area contributed by atoms with E-state index >= 15 is 0 Å². The second kappa shape index (κ2) is 8.94. The summed E-state index contributed by atoms with van der Waals surface area (Å²) in [6.45, 7) is 2.11. The Balaban J connectivity index is 1.40. The van der Waals surface area contributed by atoms with Crippen molar-refractivity contribution in [2.45, 2.75) is 25.3 Å². The average molecular weight is 440 g/mol. The standard InChI is InChI=1S/C28H25NO4/c1-2-32-28(31)26-23-12-6-10-21(23)22-11-7-13-24(25(22)29-26)27(30)33-20-16-14-19(15-17-20)18-8-4-3-5-9-18/h3-11,13-17,21,23,26,29H,2,12H2,1H3. The van der Waals surface area contributed by atoms with Gasteiger partial charge in [0.05, 0.1) is 17.9 Å². The molecule has 3 atom stereocenters.